The number of aryl methyl sites for hydroxylation is 1. The highest BCUT2D eigenvalue weighted by molar-refractivity contribution is 5.87. The van der Waals surface area contributed by atoms with Crippen molar-refractivity contribution >= 4 is 22.7 Å². The SMILES string of the molecule is COc1ccc(Cn2cnc3c(Nc4ccncc4F)nc(-c4cccc(C)n4)nc32)cc1. The first kappa shape index (κ1) is 20.5. The smallest absolute Gasteiger partial charge is 0.182 e. The third-order valence-electron chi connectivity index (χ3n) is 5.12. The number of nitrogens with zero attached hydrogens (tertiary/aromatic N) is 6. The highest BCUT2D eigenvalue weighted by Crippen LogP contribution is 2.27. The number of rotatable bonds is 6. The molecular weight excluding hydrogens is 421 g/mol. The summed E-state index contributed by atoms with van der Waals surface area (Å²) in [6.07, 6.45) is 4.35. The Morgan fingerprint density at radius 2 is 1.88 bits per heavy atom. The lowest BCUT2D eigenvalue weighted by Gasteiger charge is -2.10. The van der Waals surface area contributed by atoms with Crippen LogP contribution in [0.2, 0.25) is 0 Å². The quantitative estimate of drug-likeness (QED) is 0.414. The van der Waals surface area contributed by atoms with Gasteiger partial charge in [-0.05, 0) is 42.8 Å². The highest BCUT2D eigenvalue weighted by atomic mass is 19.1. The van der Waals surface area contributed by atoms with E-state index in [0.717, 1.165) is 23.2 Å². The second-order valence-electron chi connectivity index (χ2n) is 7.43. The van der Waals surface area contributed by atoms with Gasteiger partial charge in [-0.15, -0.1) is 0 Å². The van der Waals surface area contributed by atoms with Crippen LogP contribution in [0.5, 0.6) is 5.75 Å². The van der Waals surface area contributed by atoms with E-state index in [0.29, 0.717) is 35.0 Å². The van der Waals surface area contributed by atoms with Crippen molar-refractivity contribution in [3.8, 4) is 17.3 Å². The van der Waals surface area contributed by atoms with Crippen LogP contribution >= 0.6 is 0 Å². The number of nitrogens with one attached hydrogen (secondary N) is 1. The minimum absolute atomic E-state index is 0.248. The molecule has 33 heavy (non-hydrogen) atoms. The third kappa shape index (κ3) is 4.20. The number of benzene rings is 1. The van der Waals surface area contributed by atoms with Crippen molar-refractivity contribution in [2.24, 2.45) is 0 Å². The summed E-state index contributed by atoms with van der Waals surface area (Å²) in [6, 6.07) is 15.0. The molecule has 0 amide bonds. The van der Waals surface area contributed by atoms with Crippen LogP contribution in [-0.2, 0) is 6.54 Å². The monoisotopic (exact) mass is 441 g/mol. The average molecular weight is 441 g/mol. The Labute approximate surface area is 189 Å². The summed E-state index contributed by atoms with van der Waals surface area (Å²) >= 11 is 0. The van der Waals surface area contributed by atoms with Gasteiger partial charge in [0.25, 0.3) is 0 Å². The Morgan fingerprint density at radius 1 is 1.03 bits per heavy atom. The summed E-state index contributed by atoms with van der Waals surface area (Å²) in [5, 5.41) is 3.05. The highest BCUT2D eigenvalue weighted by Gasteiger charge is 2.17. The first-order valence-corrected chi connectivity index (χ1v) is 10.3. The first-order valence-electron chi connectivity index (χ1n) is 10.3. The Morgan fingerprint density at radius 3 is 2.64 bits per heavy atom. The van der Waals surface area contributed by atoms with Crippen LogP contribution in [0, 0.1) is 12.7 Å². The molecule has 5 rings (SSSR count). The number of hydrogen-bond acceptors (Lipinski definition) is 7. The number of anilines is 2. The van der Waals surface area contributed by atoms with Crippen LogP contribution in [0.3, 0.4) is 0 Å². The fourth-order valence-electron chi connectivity index (χ4n) is 3.46. The lowest BCUT2D eigenvalue weighted by atomic mass is 10.2. The van der Waals surface area contributed by atoms with E-state index in [-0.39, 0.29) is 5.69 Å². The van der Waals surface area contributed by atoms with Crippen molar-refractivity contribution in [3.05, 3.63) is 84.3 Å². The lowest BCUT2D eigenvalue weighted by molar-refractivity contribution is 0.414. The molecule has 0 unspecified atom stereocenters. The molecule has 164 valence electrons. The molecule has 0 bridgehead atoms. The number of aromatic nitrogens is 6. The van der Waals surface area contributed by atoms with Crippen LogP contribution in [0.4, 0.5) is 15.9 Å². The predicted molar refractivity (Wildman–Crippen MR) is 123 cm³/mol. The number of halogens is 1. The van der Waals surface area contributed by atoms with Gasteiger partial charge >= 0.3 is 0 Å². The van der Waals surface area contributed by atoms with E-state index in [9.17, 15) is 4.39 Å². The third-order valence-corrected chi connectivity index (χ3v) is 5.12. The molecule has 8 nitrogen and oxygen atoms in total. The standard InChI is InChI=1S/C24H20FN7O/c1-15-4-3-5-20(28-15)22-30-23(29-19-10-11-26-12-18(19)25)21-24(31-22)32(14-27-21)13-16-6-8-17(33-2)9-7-16/h3-12,14H,13H2,1-2H3,(H,26,29,30,31). The molecule has 4 heterocycles. The molecule has 0 aliphatic rings. The number of pyridine rings is 2. The number of fused-ring (bicyclic) bond motifs is 1. The van der Waals surface area contributed by atoms with Gasteiger partial charge in [0.2, 0.25) is 0 Å². The van der Waals surface area contributed by atoms with E-state index in [2.05, 4.69) is 25.3 Å². The summed E-state index contributed by atoms with van der Waals surface area (Å²) in [6.45, 7) is 2.45. The van der Waals surface area contributed by atoms with E-state index in [4.69, 9.17) is 9.72 Å². The van der Waals surface area contributed by atoms with Gasteiger partial charge in [-0.25, -0.2) is 24.3 Å². The molecule has 0 aliphatic carbocycles. The molecule has 1 N–H and O–H groups in total. The molecule has 0 radical (unpaired) electrons. The second-order valence-corrected chi connectivity index (χ2v) is 7.43. The normalized spacial score (nSPS) is 11.0. The van der Waals surface area contributed by atoms with Crippen molar-refractivity contribution < 1.29 is 9.13 Å². The maximum Gasteiger partial charge on any atom is 0.182 e. The van der Waals surface area contributed by atoms with Gasteiger partial charge in [0.05, 0.1) is 31.9 Å². The van der Waals surface area contributed by atoms with Gasteiger partial charge in [-0.3, -0.25) is 4.98 Å². The molecule has 4 aromatic heterocycles. The Balaban J connectivity index is 1.62. The topological polar surface area (TPSA) is 90.6 Å². The molecule has 0 aliphatic heterocycles. The van der Waals surface area contributed by atoms with E-state index in [1.54, 1.807) is 19.5 Å². The number of ether oxygens (including phenoxy) is 1. The maximum absolute atomic E-state index is 14.3. The van der Waals surface area contributed by atoms with E-state index >= 15 is 0 Å². The van der Waals surface area contributed by atoms with Crippen molar-refractivity contribution in [3.63, 3.8) is 0 Å². The van der Waals surface area contributed by atoms with Gasteiger partial charge < -0.3 is 14.6 Å². The van der Waals surface area contributed by atoms with E-state index in [1.165, 1.54) is 6.20 Å². The molecule has 5 aromatic rings. The molecule has 0 fully saturated rings. The molecule has 9 heteroatoms. The molecule has 0 atom stereocenters. The van der Waals surface area contributed by atoms with Gasteiger partial charge in [-0.2, -0.15) is 0 Å². The molecule has 0 saturated carbocycles. The van der Waals surface area contributed by atoms with Gasteiger partial charge in [0.15, 0.2) is 28.6 Å². The Kier molecular flexibility index (Phi) is 5.35. The van der Waals surface area contributed by atoms with Crippen LogP contribution < -0.4 is 10.1 Å². The number of hydrogen-bond donors (Lipinski definition) is 1. The molecule has 0 spiro atoms. The Hall–Kier alpha value is -4.40. The molecule has 1 aromatic carbocycles. The van der Waals surface area contributed by atoms with Crippen molar-refractivity contribution in [2.45, 2.75) is 13.5 Å². The Bertz CT molecular complexity index is 1430. The largest absolute Gasteiger partial charge is 0.497 e. The number of imidazole rings is 1. The van der Waals surface area contributed by atoms with Crippen molar-refractivity contribution in [1.82, 2.24) is 29.5 Å². The lowest BCUT2D eigenvalue weighted by Crippen LogP contribution is -2.05. The summed E-state index contributed by atoms with van der Waals surface area (Å²) in [4.78, 5) is 22.3. The van der Waals surface area contributed by atoms with Crippen molar-refractivity contribution in [2.75, 3.05) is 12.4 Å². The number of methoxy groups -OCH3 is 1. The molecular formula is C24H20FN7O. The van der Waals surface area contributed by atoms with Gasteiger partial charge in [0.1, 0.15) is 11.4 Å². The maximum atomic E-state index is 14.3. The summed E-state index contributed by atoms with van der Waals surface area (Å²) in [5.41, 5.74) is 3.90. The predicted octanol–water partition coefficient (Wildman–Crippen LogP) is 4.53. The minimum Gasteiger partial charge on any atom is -0.497 e. The summed E-state index contributed by atoms with van der Waals surface area (Å²) in [5.74, 6) is 1.10. The fraction of sp³-hybridized carbons (Fsp3) is 0.125. The molecule has 0 saturated heterocycles. The zero-order chi connectivity index (χ0) is 22.8. The minimum atomic E-state index is -0.489. The van der Waals surface area contributed by atoms with Crippen LogP contribution in [-0.4, -0.2) is 36.6 Å². The van der Waals surface area contributed by atoms with E-state index in [1.807, 2.05) is 54.0 Å². The second kappa shape index (κ2) is 8.62. The summed E-state index contributed by atoms with van der Waals surface area (Å²) < 4.78 is 21.5. The van der Waals surface area contributed by atoms with Crippen LogP contribution in [0.15, 0.2) is 67.3 Å². The van der Waals surface area contributed by atoms with Gasteiger partial charge in [-0.1, -0.05) is 18.2 Å². The zero-order valence-electron chi connectivity index (χ0n) is 18.0. The van der Waals surface area contributed by atoms with Crippen molar-refractivity contribution in [1.29, 1.82) is 0 Å². The summed E-state index contributed by atoms with van der Waals surface area (Å²) in [7, 11) is 1.64. The zero-order valence-corrected chi connectivity index (χ0v) is 18.0. The van der Waals surface area contributed by atoms with E-state index < -0.39 is 5.82 Å². The first-order chi connectivity index (χ1) is 16.1. The van der Waals surface area contributed by atoms with Crippen LogP contribution in [0.25, 0.3) is 22.7 Å². The fourth-order valence-corrected chi connectivity index (χ4v) is 3.46. The van der Waals surface area contributed by atoms with Crippen LogP contribution in [0.1, 0.15) is 11.3 Å². The van der Waals surface area contributed by atoms with Gasteiger partial charge in [0, 0.05) is 11.9 Å². The average Bonchev–Trinajstić information content (AvgIpc) is 3.24.